The van der Waals surface area contributed by atoms with Gasteiger partial charge >= 0.3 is 0 Å². The number of carbonyl (C=O) groups excluding carboxylic acids is 1. The molecule has 0 aliphatic carbocycles. The van der Waals surface area contributed by atoms with Crippen molar-refractivity contribution in [3.05, 3.63) is 10.0 Å². The number of carbonyl (C=O) groups is 1. The van der Waals surface area contributed by atoms with E-state index in [9.17, 15) is 4.79 Å². The van der Waals surface area contributed by atoms with Gasteiger partial charge in [-0.15, -0.1) is 10.2 Å². The van der Waals surface area contributed by atoms with Gasteiger partial charge < -0.3 is 10.1 Å². The Kier molecular flexibility index (Phi) is 4.84. The third-order valence-corrected chi connectivity index (χ3v) is 3.71. The second-order valence-electron chi connectivity index (χ2n) is 4.94. The van der Waals surface area contributed by atoms with Crippen LogP contribution in [0.3, 0.4) is 0 Å². The smallest absolute Gasteiger partial charge is 0.234 e. The second kappa shape index (κ2) is 6.40. The zero-order chi connectivity index (χ0) is 13.8. The van der Waals surface area contributed by atoms with E-state index in [4.69, 9.17) is 4.74 Å². The summed E-state index contributed by atoms with van der Waals surface area (Å²) in [4.78, 5) is 14.0. The minimum Gasteiger partial charge on any atom is -0.373 e. The molecule has 0 saturated carbocycles. The van der Waals surface area contributed by atoms with Crippen LogP contribution in [0, 0.1) is 6.92 Å². The lowest BCUT2D eigenvalue weighted by atomic mass is 10.2. The fourth-order valence-corrected chi connectivity index (χ4v) is 2.90. The molecule has 1 aliphatic rings. The highest BCUT2D eigenvalue weighted by molar-refractivity contribution is 7.11. The van der Waals surface area contributed by atoms with Crippen LogP contribution in [0.2, 0.25) is 0 Å². The standard InChI is InChI=1S/C12H20N4O2S/c1-8-5-16(6-9(2)18-8)7-11(17)13-4-12-15-14-10(3)19-12/h8-9H,4-7H2,1-3H3,(H,13,17)/t8-,9+. The number of nitrogens with one attached hydrogen (secondary N) is 1. The summed E-state index contributed by atoms with van der Waals surface area (Å²) in [5.41, 5.74) is 0. The minimum absolute atomic E-state index is 0.0224. The Morgan fingerprint density at radius 3 is 2.68 bits per heavy atom. The summed E-state index contributed by atoms with van der Waals surface area (Å²) in [5, 5.41) is 12.5. The first-order chi connectivity index (χ1) is 9.02. The van der Waals surface area contributed by atoms with Crippen LogP contribution in [0.5, 0.6) is 0 Å². The molecule has 2 atom stereocenters. The number of aromatic nitrogens is 2. The predicted molar refractivity (Wildman–Crippen MR) is 72.9 cm³/mol. The van der Waals surface area contributed by atoms with Crippen LogP contribution < -0.4 is 5.32 Å². The first-order valence-electron chi connectivity index (χ1n) is 6.46. The van der Waals surface area contributed by atoms with Crippen LogP contribution in [-0.2, 0) is 16.1 Å². The molecular formula is C12H20N4O2S. The summed E-state index contributed by atoms with van der Waals surface area (Å²) in [6.07, 6.45) is 0.365. The number of rotatable bonds is 4. The SMILES string of the molecule is Cc1nnc(CNC(=O)CN2C[C@@H](C)O[C@@H](C)C2)s1. The minimum atomic E-state index is 0.0224. The zero-order valence-corrected chi connectivity index (χ0v) is 12.4. The van der Waals surface area contributed by atoms with E-state index in [2.05, 4.69) is 20.4 Å². The third kappa shape index (κ3) is 4.52. The Balaban J connectivity index is 1.74. The highest BCUT2D eigenvalue weighted by atomic mass is 32.1. The molecule has 1 amide bonds. The van der Waals surface area contributed by atoms with Gasteiger partial charge in [-0.05, 0) is 20.8 Å². The molecule has 1 aromatic heterocycles. The summed E-state index contributed by atoms with van der Waals surface area (Å²) in [6.45, 7) is 8.44. The Morgan fingerprint density at radius 1 is 1.42 bits per heavy atom. The molecule has 2 rings (SSSR count). The average molecular weight is 284 g/mol. The molecule has 7 heteroatoms. The first-order valence-corrected chi connectivity index (χ1v) is 7.28. The molecule has 0 radical (unpaired) electrons. The maximum absolute atomic E-state index is 11.9. The lowest BCUT2D eigenvalue weighted by molar-refractivity contribution is -0.126. The number of hydrogen-bond donors (Lipinski definition) is 1. The lowest BCUT2D eigenvalue weighted by Crippen LogP contribution is -2.49. The molecule has 19 heavy (non-hydrogen) atoms. The number of ether oxygens (including phenoxy) is 1. The van der Waals surface area contributed by atoms with Gasteiger partial charge in [-0.1, -0.05) is 11.3 Å². The normalized spacial score (nSPS) is 24.4. The van der Waals surface area contributed by atoms with E-state index < -0.39 is 0 Å². The van der Waals surface area contributed by atoms with Crippen molar-refractivity contribution >= 4 is 17.2 Å². The average Bonchev–Trinajstić information content (AvgIpc) is 2.71. The van der Waals surface area contributed by atoms with Gasteiger partial charge in [0.1, 0.15) is 10.0 Å². The zero-order valence-electron chi connectivity index (χ0n) is 11.5. The van der Waals surface area contributed by atoms with Crippen molar-refractivity contribution in [2.24, 2.45) is 0 Å². The molecule has 0 bridgehead atoms. The fourth-order valence-electron chi connectivity index (χ4n) is 2.26. The van der Waals surface area contributed by atoms with Gasteiger partial charge in [-0.2, -0.15) is 0 Å². The van der Waals surface area contributed by atoms with E-state index in [1.165, 1.54) is 11.3 Å². The Hall–Kier alpha value is -1.05. The van der Waals surface area contributed by atoms with Gasteiger partial charge in [-0.3, -0.25) is 9.69 Å². The van der Waals surface area contributed by atoms with Crippen molar-refractivity contribution in [2.45, 2.75) is 39.5 Å². The van der Waals surface area contributed by atoms with E-state index >= 15 is 0 Å². The molecule has 1 fully saturated rings. The molecule has 2 heterocycles. The van der Waals surface area contributed by atoms with Gasteiger partial charge in [-0.25, -0.2) is 0 Å². The molecule has 0 unspecified atom stereocenters. The van der Waals surface area contributed by atoms with Crippen LogP contribution in [0.1, 0.15) is 23.9 Å². The molecule has 1 aliphatic heterocycles. The number of amides is 1. The predicted octanol–water partition coefficient (Wildman–Crippen LogP) is 0.572. The van der Waals surface area contributed by atoms with Crippen molar-refractivity contribution in [3.63, 3.8) is 0 Å². The summed E-state index contributed by atoms with van der Waals surface area (Å²) in [7, 11) is 0. The molecule has 1 N–H and O–H groups in total. The van der Waals surface area contributed by atoms with Gasteiger partial charge in [0, 0.05) is 13.1 Å². The van der Waals surface area contributed by atoms with Crippen molar-refractivity contribution < 1.29 is 9.53 Å². The van der Waals surface area contributed by atoms with E-state index in [0.29, 0.717) is 13.1 Å². The van der Waals surface area contributed by atoms with Crippen molar-refractivity contribution in [1.82, 2.24) is 20.4 Å². The van der Waals surface area contributed by atoms with Crippen LogP contribution >= 0.6 is 11.3 Å². The van der Waals surface area contributed by atoms with Crippen LogP contribution in [0.25, 0.3) is 0 Å². The molecular weight excluding hydrogens is 264 g/mol. The maximum atomic E-state index is 11.9. The summed E-state index contributed by atoms with van der Waals surface area (Å²) >= 11 is 1.51. The number of hydrogen-bond acceptors (Lipinski definition) is 6. The molecule has 6 nitrogen and oxygen atoms in total. The quantitative estimate of drug-likeness (QED) is 0.875. The Bertz CT molecular complexity index is 427. The number of aryl methyl sites for hydroxylation is 1. The highest BCUT2D eigenvalue weighted by Gasteiger charge is 2.23. The van der Waals surface area contributed by atoms with Gasteiger partial charge in [0.05, 0.1) is 25.3 Å². The Morgan fingerprint density at radius 2 is 2.11 bits per heavy atom. The second-order valence-corrected chi connectivity index (χ2v) is 6.21. The highest BCUT2D eigenvalue weighted by Crippen LogP contribution is 2.10. The van der Waals surface area contributed by atoms with Crippen LogP contribution in [0.15, 0.2) is 0 Å². The molecule has 0 spiro atoms. The maximum Gasteiger partial charge on any atom is 0.234 e. The number of nitrogens with zero attached hydrogens (tertiary/aromatic N) is 3. The number of morpholine rings is 1. The Labute approximate surface area is 117 Å². The largest absolute Gasteiger partial charge is 0.373 e. The van der Waals surface area contributed by atoms with Crippen LogP contribution in [-0.4, -0.2) is 52.8 Å². The molecule has 0 aromatic carbocycles. The first kappa shape index (κ1) is 14.4. The van der Waals surface area contributed by atoms with Gasteiger partial charge in [0.25, 0.3) is 0 Å². The molecule has 106 valence electrons. The van der Waals surface area contributed by atoms with Gasteiger partial charge in [0.15, 0.2) is 0 Å². The van der Waals surface area contributed by atoms with E-state index in [1.807, 2.05) is 20.8 Å². The monoisotopic (exact) mass is 284 g/mol. The van der Waals surface area contributed by atoms with E-state index in [1.54, 1.807) is 0 Å². The van der Waals surface area contributed by atoms with Crippen molar-refractivity contribution in [1.29, 1.82) is 0 Å². The summed E-state index contributed by atoms with van der Waals surface area (Å²) < 4.78 is 5.64. The molecule has 1 aromatic rings. The third-order valence-electron chi connectivity index (χ3n) is 2.87. The van der Waals surface area contributed by atoms with Crippen LogP contribution in [0.4, 0.5) is 0 Å². The lowest BCUT2D eigenvalue weighted by Gasteiger charge is -2.34. The summed E-state index contributed by atoms with van der Waals surface area (Å²) in [6, 6.07) is 0. The topological polar surface area (TPSA) is 67.4 Å². The van der Waals surface area contributed by atoms with Crippen molar-refractivity contribution in [2.75, 3.05) is 19.6 Å². The molecule has 1 saturated heterocycles. The van der Waals surface area contributed by atoms with Gasteiger partial charge in [0.2, 0.25) is 5.91 Å². The van der Waals surface area contributed by atoms with E-state index in [-0.39, 0.29) is 18.1 Å². The van der Waals surface area contributed by atoms with E-state index in [0.717, 1.165) is 23.1 Å². The summed E-state index contributed by atoms with van der Waals surface area (Å²) in [5.74, 6) is 0.0224. The fraction of sp³-hybridized carbons (Fsp3) is 0.750. The van der Waals surface area contributed by atoms with Crippen molar-refractivity contribution in [3.8, 4) is 0 Å².